The Morgan fingerprint density at radius 1 is 1.73 bits per heavy atom. The smallest absolute Gasteiger partial charge is 0.221 e. The van der Waals surface area contributed by atoms with E-state index in [-0.39, 0.29) is 0 Å². The summed E-state index contributed by atoms with van der Waals surface area (Å²) in [5.74, 6) is 0. The number of ether oxygens (including phenoxy) is 1. The number of hydrogen-bond donors (Lipinski definition) is 0. The highest BCUT2D eigenvalue weighted by Crippen LogP contribution is 2.25. The molecule has 0 aromatic carbocycles. The lowest BCUT2D eigenvalue weighted by Gasteiger charge is -2.14. The van der Waals surface area contributed by atoms with E-state index in [0.717, 1.165) is 0 Å². The Labute approximate surface area is 76.9 Å². The molecule has 0 aromatic heterocycles. The van der Waals surface area contributed by atoms with Crippen LogP contribution in [0, 0.1) is 11.3 Å². The van der Waals surface area contributed by atoms with Gasteiger partial charge in [-0.15, -0.1) is 0 Å². The highest BCUT2D eigenvalue weighted by Gasteiger charge is 2.20. The Morgan fingerprint density at radius 2 is 2.27 bits per heavy atom. The fourth-order valence-electron chi connectivity index (χ4n) is 0.378. The molecule has 0 heterocycles. The molecule has 0 fully saturated rings. The maximum Gasteiger partial charge on any atom is 0.221 e. The standard InChI is InChI=1S/C7H11NOS2/c1-4-9-6(10)11-7(2,3)5-8/h4H2,1-3H3. The first-order chi connectivity index (χ1) is 5.02. The lowest BCUT2D eigenvalue weighted by atomic mass is 10.2. The monoisotopic (exact) mass is 189 g/mol. The molecule has 0 aromatic rings. The lowest BCUT2D eigenvalue weighted by Crippen LogP contribution is -2.14. The molecule has 0 saturated carbocycles. The number of hydrogen-bond acceptors (Lipinski definition) is 4. The van der Waals surface area contributed by atoms with E-state index in [0.29, 0.717) is 11.0 Å². The van der Waals surface area contributed by atoms with E-state index in [4.69, 9.17) is 22.2 Å². The quantitative estimate of drug-likeness (QED) is 0.624. The third-order valence-corrected chi connectivity index (χ3v) is 2.12. The minimum Gasteiger partial charge on any atom is -0.479 e. The van der Waals surface area contributed by atoms with E-state index in [2.05, 4.69) is 6.07 Å². The van der Waals surface area contributed by atoms with Crippen molar-refractivity contribution in [3.05, 3.63) is 0 Å². The van der Waals surface area contributed by atoms with Crippen LogP contribution in [0.4, 0.5) is 0 Å². The molecule has 4 heteroatoms. The zero-order valence-corrected chi connectivity index (χ0v) is 8.51. The maximum atomic E-state index is 8.63. The van der Waals surface area contributed by atoms with Crippen molar-refractivity contribution in [3.8, 4) is 6.07 Å². The molecule has 2 nitrogen and oxygen atoms in total. The van der Waals surface area contributed by atoms with Gasteiger partial charge in [-0.2, -0.15) is 5.26 Å². The summed E-state index contributed by atoms with van der Waals surface area (Å²) in [6, 6.07) is 2.13. The van der Waals surface area contributed by atoms with Gasteiger partial charge in [0.25, 0.3) is 0 Å². The van der Waals surface area contributed by atoms with Crippen LogP contribution in [0.3, 0.4) is 0 Å². The summed E-state index contributed by atoms with van der Waals surface area (Å²) in [6.07, 6.45) is 0. The minimum atomic E-state index is -0.480. The zero-order valence-electron chi connectivity index (χ0n) is 6.88. The summed E-state index contributed by atoms with van der Waals surface area (Å²) in [7, 11) is 0. The van der Waals surface area contributed by atoms with Gasteiger partial charge < -0.3 is 4.74 Å². The molecule has 0 aliphatic carbocycles. The van der Waals surface area contributed by atoms with Crippen LogP contribution in [0.15, 0.2) is 0 Å². The van der Waals surface area contributed by atoms with Gasteiger partial charge in [0.2, 0.25) is 4.38 Å². The van der Waals surface area contributed by atoms with Crippen LogP contribution in [0.1, 0.15) is 20.8 Å². The number of rotatable bonds is 2. The molecule has 0 N–H and O–H groups in total. The van der Waals surface area contributed by atoms with Crippen LogP contribution in [-0.2, 0) is 4.74 Å². The van der Waals surface area contributed by atoms with Gasteiger partial charge in [-0.05, 0) is 33.0 Å². The highest BCUT2D eigenvalue weighted by atomic mass is 32.2. The minimum absolute atomic E-state index is 0.444. The Morgan fingerprint density at radius 3 is 2.64 bits per heavy atom. The molecular formula is C7H11NOS2. The van der Waals surface area contributed by atoms with E-state index >= 15 is 0 Å². The normalized spacial score (nSPS) is 10.4. The number of nitriles is 1. The summed E-state index contributed by atoms with van der Waals surface area (Å²) in [4.78, 5) is 0. The SMILES string of the molecule is CCOC(=S)SC(C)(C)C#N. The van der Waals surface area contributed by atoms with Crippen molar-refractivity contribution in [2.75, 3.05) is 6.61 Å². The Hall–Kier alpha value is -0.270. The number of nitrogens with zero attached hydrogens (tertiary/aromatic N) is 1. The molecule has 0 aliphatic rings. The van der Waals surface area contributed by atoms with E-state index < -0.39 is 4.75 Å². The molecule has 0 bridgehead atoms. The van der Waals surface area contributed by atoms with Crippen LogP contribution >= 0.6 is 24.0 Å². The van der Waals surface area contributed by atoms with Crippen molar-refractivity contribution < 1.29 is 4.74 Å². The number of thiocarbonyl (C=S) groups is 1. The van der Waals surface area contributed by atoms with Crippen LogP contribution < -0.4 is 0 Å². The van der Waals surface area contributed by atoms with Crippen molar-refractivity contribution in [2.24, 2.45) is 0 Å². The summed E-state index contributed by atoms with van der Waals surface area (Å²) in [5, 5.41) is 8.63. The van der Waals surface area contributed by atoms with E-state index in [1.807, 2.05) is 20.8 Å². The first-order valence-corrected chi connectivity index (χ1v) is 4.51. The molecule has 62 valence electrons. The third-order valence-electron chi connectivity index (χ3n) is 0.870. The van der Waals surface area contributed by atoms with Crippen LogP contribution in [0.5, 0.6) is 0 Å². The van der Waals surface area contributed by atoms with Crippen LogP contribution in [0.25, 0.3) is 0 Å². The molecule has 0 unspecified atom stereocenters. The van der Waals surface area contributed by atoms with Crippen molar-refractivity contribution in [2.45, 2.75) is 25.5 Å². The Bertz CT molecular complexity index is 183. The second kappa shape index (κ2) is 4.58. The highest BCUT2D eigenvalue weighted by molar-refractivity contribution is 8.23. The molecule has 0 rings (SSSR count). The molecule has 0 spiro atoms. The molecule has 0 aliphatic heterocycles. The average molecular weight is 189 g/mol. The van der Waals surface area contributed by atoms with Gasteiger partial charge in [-0.25, -0.2) is 0 Å². The molecule has 11 heavy (non-hydrogen) atoms. The lowest BCUT2D eigenvalue weighted by molar-refractivity contribution is 0.346. The first kappa shape index (κ1) is 10.7. The molecular weight excluding hydrogens is 178 g/mol. The molecule has 0 saturated heterocycles. The molecule has 0 radical (unpaired) electrons. The van der Waals surface area contributed by atoms with Crippen LogP contribution in [-0.4, -0.2) is 15.7 Å². The van der Waals surface area contributed by atoms with Gasteiger partial charge >= 0.3 is 0 Å². The summed E-state index contributed by atoms with van der Waals surface area (Å²) < 4.78 is 4.99. The third kappa shape index (κ3) is 5.05. The van der Waals surface area contributed by atoms with Gasteiger partial charge in [-0.3, -0.25) is 0 Å². The predicted molar refractivity (Wildman–Crippen MR) is 51.5 cm³/mol. The van der Waals surface area contributed by atoms with Crippen molar-refractivity contribution in [1.29, 1.82) is 5.26 Å². The van der Waals surface area contributed by atoms with Gasteiger partial charge in [0.1, 0.15) is 4.75 Å². The largest absolute Gasteiger partial charge is 0.479 e. The predicted octanol–water partition coefficient (Wildman–Crippen LogP) is 2.34. The van der Waals surface area contributed by atoms with Crippen molar-refractivity contribution in [1.82, 2.24) is 0 Å². The van der Waals surface area contributed by atoms with Crippen LogP contribution in [0.2, 0.25) is 0 Å². The van der Waals surface area contributed by atoms with Crippen molar-refractivity contribution >= 4 is 28.4 Å². The fourth-order valence-corrected chi connectivity index (χ4v) is 1.76. The maximum absolute atomic E-state index is 8.63. The van der Waals surface area contributed by atoms with E-state index in [9.17, 15) is 0 Å². The Kier molecular flexibility index (Phi) is 4.46. The zero-order chi connectivity index (χ0) is 8.91. The molecule has 0 amide bonds. The number of thioether (sulfide) groups is 1. The van der Waals surface area contributed by atoms with Gasteiger partial charge in [0, 0.05) is 0 Å². The second-order valence-electron chi connectivity index (χ2n) is 2.41. The van der Waals surface area contributed by atoms with E-state index in [1.165, 1.54) is 11.8 Å². The van der Waals surface area contributed by atoms with Gasteiger partial charge in [0.15, 0.2) is 0 Å². The second-order valence-corrected chi connectivity index (χ2v) is 4.63. The Balaban J connectivity index is 3.86. The summed E-state index contributed by atoms with van der Waals surface area (Å²) in [5.41, 5.74) is 0. The topological polar surface area (TPSA) is 33.0 Å². The van der Waals surface area contributed by atoms with Gasteiger partial charge in [-0.1, -0.05) is 11.8 Å². The van der Waals surface area contributed by atoms with E-state index in [1.54, 1.807) is 0 Å². The van der Waals surface area contributed by atoms with Gasteiger partial charge in [0.05, 0.1) is 12.7 Å². The van der Waals surface area contributed by atoms with Crippen molar-refractivity contribution in [3.63, 3.8) is 0 Å². The summed E-state index contributed by atoms with van der Waals surface area (Å²) >= 11 is 6.13. The molecule has 0 atom stereocenters. The fraction of sp³-hybridized carbons (Fsp3) is 0.714. The summed E-state index contributed by atoms with van der Waals surface area (Å²) in [6.45, 7) is 6.05. The first-order valence-electron chi connectivity index (χ1n) is 3.29. The average Bonchev–Trinajstić information content (AvgIpc) is 1.87.